The highest BCUT2D eigenvalue weighted by molar-refractivity contribution is 5.80. The number of morpholine rings is 1. The second kappa shape index (κ2) is 8.63. The Morgan fingerprint density at radius 1 is 1.36 bits per heavy atom. The van der Waals surface area contributed by atoms with E-state index in [2.05, 4.69) is 29.4 Å². The molecule has 0 radical (unpaired) electrons. The summed E-state index contributed by atoms with van der Waals surface area (Å²) >= 11 is 0. The van der Waals surface area contributed by atoms with Gasteiger partial charge < -0.3 is 15.4 Å². The smallest absolute Gasteiger partial charge is 0.191 e. The van der Waals surface area contributed by atoms with Gasteiger partial charge in [-0.3, -0.25) is 9.89 Å². The van der Waals surface area contributed by atoms with Crippen molar-refractivity contribution in [3.63, 3.8) is 0 Å². The minimum absolute atomic E-state index is 0.111. The number of halogens is 1. The minimum atomic E-state index is -0.111. The van der Waals surface area contributed by atoms with Crippen molar-refractivity contribution in [3.8, 4) is 0 Å². The van der Waals surface area contributed by atoms with E-state index < -0.39 is 0 Å². The Balaban J connectivity index is 1.54. The van der Waals surface area contributed by atoms with E-state index in [0.717, 1.165) is 57.3 Å². The van der Waals surface area contributed by atoms with E-state index in [9.17, 15) is 4.39 Å². The fraction of sp³-hybridized carbons (Fsp3) is 0.632. The molecule has 0 spiro atoms. The van der Waals surface area contributed by atoms with Crippen LogP contribution >= 0.6 is 0 Å². The van der Waals surface area contributed by atoms with Crippen molar-refractivity contribution in [1.29, 1.82) is 0 Å². The van der Waals surface area contributed by atoms with Crippen LogP contribution in [0, 0.1) is 5.82 Å². The van der Waals surface area contributed by atoms with Crippen molar-refractivity contribution >= 4 is 5.96 Å². The molecule has 1 heterocycles. The molecule has 3 unspecified atom stereocenters. The lowest BCUT2D eigenvalue weighted by molar-refractivity contribution is 0.0220. The molecule has 2 N–H and O–H groups in total. The monoisotopic (exact) mass is 348 g/mol. The number of hydrogen-bond donors (Lipinski definition) is 2. The average Bonchev–Trinajstić information content (AvgIpc) is 3.39. The number of guanidine groups is 1. The van der Waals surface area contributed by atoms with Crippen molar-refractivity contribution in [3.05, 3.63) is 35.6 Å². The Hall–Kier alpha value is -1.66. The number of ether oxygens (including phenoxy) is 1. The third-order valence-corrected chi connectivity index (χ3v) is 4.94. The van der Waals surface area contributed by atoms with Crippen LogP contribution in [-0.2, 0) is 4.74 Å². The molecule has 1 aromatic rings. The summed E-state index contributed by atoms with van der Waals surface area (Å²) in [6.45, 7) is 9.37. The Labute approximate surface area is 149 Å². The van der Waals surface area contributed by atoms with Crippen LogP contribution in [0.4, 0.5) is 4.39 Å². The van der Waals surface area contributed by atoms with Crippen LogP contribution in [0.1, 0.15) is 31.7 Å². The normalized spacial score (nSPS) is 25.5. The third kappa shape index (κ3) is 4.92. The molecule has 2 aliphatic rings. The first-order valence-electron chi connectivity index (χ1n) is 9.30. The molecule has 1 aliphatic heterocycles. The number of nitrogens with zero attached hydrogens (tertiary/aromatic N) is 2. The van der Waals surface area contributed by atoms with Crippen LogP contribution in [0.5, 0.6) is 0 Å². The zero-order chi connectivity index (χ0) is 17.6. The van der Waals surface area contributed by atoms with Crippen LogP contribution in [0.25, 0.3) is 0 Å². The molecule has 1 aliphatic carbocycles. The molecule has 3 atom stereocenters. The molecule has 2 fully saturated rings. The minimum Gasteiger partial charge on any atom is -0.379 e. The van der Waals surface area contributed by atoms with Gasteiger partial charge in [-0.1, -0.05) is 18.2 Å². The molecular weight excluding hydrogens is 319 g/mol. The van der Waals surface area contributed by atoms with Gasteiger partial charge in [0.05, 0.1) is 19.8 Å². The number of hydrogen-bond acceptors (Lipinski definition) is 3. The molecule has 5 nitrogen and oxygen atoms in total. The van der Waals surface area contributed by atoms with Crippen molar-refractivity contribution in [2.75, 3.05) is 39.4 Å². The molecule has 0 amide bonds. The molecular formula is C19H29FN4O. The van der Waals surface area contributed by atoms with Crippen LogP contribution < -0.4 is 10.6 Å². The van der Waals surface area contributed by atoms with Gasteiger partial charge >= 0.3 is 0 Å². The maximum atomic E-state index is 13.9. The molecule has 1 saturated carbocycles. The zero-order valence-electron chi connectivity index (χ0n) is 15.2. The number of benzene rings is 1. The Morgan fingerprint density at radius 2 is 2.12 bits per heavy atom. The summed E-state index contributed by atoms with van der Waals surface area (Å²) in [4.78, 5) is 7.15. The van der Waals surface area contributed by atoms with Crippen LogP contribution in [0.15, 0.2) is 29.3 Å². The first kappa shape index (κ1) is 18.1. The molecule has 1 saturated heterocycles. The highest BCUT2D eigenvalue weighted by Crippen LogP contribution is 2.41. The highest BCUT2D eigenvalue weighted by Gasteiger charge is 2.40. The average molecular weight is 348 g/mol. The van der Waals surface area contributed by atoms with Gasteiger partial charge in [-0.05, 0) is 31.9 Å². The van der Waals surface area contributed by atoms with Gasteiger partial charge in [-0.15, -0.1) is 0 Å². The number of nitrogens with one attached hydrogen (secondary N) is 2. The maximum Gasteiger partial charge on any atom is 0.191 e. The van der Waals surface area contributed by atoms with Crippen LogP contribution in [-0.4, -0.2) is 62.3 Å². The van der Waals surface area contributed by atoms with Gasteiger partial charge in [0.2, 0.25) is 0 Å². The van der Waals surface area contributed by atoms with Gasteiger partial charge in [0.25, 0.3) is 0 Å². The quantitative estimate of drug-likeness (QED) is 0.609. The van der Waals surface area contributed by atoms with Gasteiger partial charge in [0.1, 0.15) is 5.82 Å². The van der Waals surface area contributed by atoms with E-state index in [-0.39, 0.29) is 17.8 Å². The second-order valence-corrected chi connectivity index (χ2v) is 6.83. The summed E-state index contributed by atoms with van der Waals surface area (Å²) in [5, 5.41) is 6.76. The van der Waals surface area contributed by atoms with E-state index in [1.54, 1.807) is 6.07 Å². The first-order valence-corrected chi connectivity index (χ1v) is 9.30. The lowest BCUT2D eigenvalue weighted by Crippen LogP contribution is -2.44. The molecule has 0 bridgehead atoms. The fourth-order valence-electron chi connectivity index (χ4n) is 3.33. The zero-order valence-corrected chi connectivity index (χ0v) is 15.2. The predicted molar refractivity (Wildman–Crippen MR) is 98.5 cm³/mol. The molecule has 1 aromatic carbocycles. The maximum absolute atomic E-state index is 13.9. The van der Waals surface area contributed by atoms with Crippen LogP contribution in [0.2, 0.25) is 0 Å². The SMILES string of the molecule is CCNC(=NCC(C)N1CCOCC1)NC1CC1c1ccccc1F. The second-order valence-electron chi connectivity index (χ2n) is 6.83. The van der Waals surface area contributed by atoms with Crippen molar-refractivity contribution < 1.29 is 9.13 Å². The number of rotatable bonds is 6. The van der Waals surface area contributed by atoms with E-state index in [1.807, 2.05) is 12.1 Å². The summed E-state index contributed by atoms with van der Waals surface area (Å²) in [6, 6.07) is 7.70. The Bertz CT molecular complexity index is 589. The van der Waals surface area contributed by atoms with E-state index in [4.69, 9.17) is 9.73 Å². The Morgan fingerprint density at radius 3 is 2.84 bits per heavy atom. The summed E-state index contributed by atoms with van der Waals surface area (Å²) in [7, 11) is 0. The summed E-state index contributed by atoms with van der Waals surface area (Å²) in [5.41, 5.74) is 0.803. The van der Waals surface area contributed by atoms with Crippen molar-refractivity contribution in [2.24, 2.45) is 4.99 Å². The predicted octanol–water partition coefficient (Wildman–Crippen LogP) is 1.96. The lowest BCUT2D eigenvalue weighted by atomic mass is 10.1. The molecule has 138 valence electrons. The Kier molecular flexibility index (Phi) is 6.26. The first-order chi connectivity index (χ1) is 12.2. The highest BCUT2D eigenvalue weighted by atomic mass is 19.1. The molecule has 3 rings (SSSR count). The summed E-state index contributed by atoms with van der Waals surface area (Å²) < 4.78 is 19.3. The molecule has 0 aromatic heterocycles. The number of aliphatic imine (C=N–C) groups is 1. The van der Waals surface area contributed by atoms with Gasteiger partial charge in [-0.25, -0.2) is 4.39 Å². The third-order valence-electron chi connectivity index (χ3n) is 4.94. The van der Waals surface area contributed by atoms with E-state index >= 15 is 0 Å². The molecule has 6 heteroatoms. The standard InChI is InChI=1S/C19H29FN4O/c1-3-21-19(22-13-14(2)24-8-10-25-11-9-24)23-18-12-16(18)15-6-4-5-7-17(15)20/h4-7,14,16,18H,3,8-13H2,1-2H3,(H2,21,22,23). The van der Waals surface area contributed by atoms with Crippen molar-refractivity contribution in [2.45, 2.75) is 38.3 Å². The largest absolute Gasteiger partial charge is 0.379 e. The lowest BCUT2D eigenvalue weighted by Gasteiger charge is -2.31. The van der Waals surface area contributed by atoms with Crippen molar-refractivity contribution in [1.82, 2.24) is 15.5 Å². The fourth-order valence-corrected chi connectivity index (χ4v) is 3.33. The topological polar surface area (TPSA) is 48.9 Å². The van der Waals surface area contributed by atoms with Gasteiger partial charge in [0, 0.05) is 37.6 Å². The summed E-state index contributed by atoms with van der Waals surface area (Å²) in [5.74, 6) is 0.952. The van der Waals surface area contributed by atoms with Gasteiger partial charge in [-0.2, -0.15) is 0 Å². The summed E-state index contributed by atoms with van der Waals surface area (Å²) in [6.07, 6.45) is 0.949. The van der Waals surface area contributed by atoms with Gasteiger partial charge in [0.15, 0.2) is 5.96 Å². The van der Waals surface area contributed by atoms with E-state index in [1.165, 1.54) is 6.07 Å². The van der Waals surface area contributed by atoms with Crippen LogP contribution in [0.3, 0.4) is 0 Å². The molecule has 25 heavy (non-hydrogen) atoms. The van der Waals surface area contributed by atoms with E-state index in [0.29, 0.717) is 6.04 Å².